The maximum atomic E-state index is 5.76. The summed E-state index contributed by atoms with van der Waals surface area (Å²) in [5.41, 5.74) is 1.25. The van der Waals surface area contributed by atoms with Gasteiger partial charge in [0.25, 0.3) is 0 Å². The Balaban J connectivity index is 1.62. The van der Waals surface area contributed by atoms with E-state index in [4.69, 9.17) is 4.74 Å². The molecule has 0 aliphatic carbocycles. The largest absolute Gasteiger partial charge is 0.494 e. The number of nitrogens with one attached hydrogen (secondary N) is 1. The monoisotopic (exact) mass is 248 g/mol. The molecular weight excluding hydrogens is 224 g/mol. The second-order valence-electron chi connectivity index (χ2n) is 5.09. The van der Waals surface area contributed by atoms with Crippen LogP contribution in [-0.2, 0) is 0 Å². The van der Waals surface area contributed by atoms with Gasteiger partial charge in [-0.3, -0.25) is 0 Å². The van der Waals surface area contributed by atoms with Crippen LogP contribution in [0, 0.1) is 6.92 Å². The molecule has 1 aliphatic heterocycles. The van der Waals surface area contributed by atoms with Crippen LogP contribution in [0.25, 0.3) is 0 Å². The van der Waals surface area contributed by atoms with Crippen molar-refractivity contribution < 1.29 is 4.74 Å². The van der Waals surface area contributed by atoms with Crippen molar-refractivity contribution in [2.75, 3.05) is 33.3 Å². The summed E-state index contributed by atoms with van der Waals surface area (Å²) in [6, 6.07) is 8.94. The van der Waals surface area contributed by atoms with E-state index in [1.807, 2.05) is 12.1 Å². The van der Waals surface area contributed by atoms with E-state index < -0.39 is 0 Å². The summed E-state index contributed by atoms with van der Waals surface area (Å²) < 4.78 is 5.76. The summed E-state index contributed by atoms with van der Waals surface area (Å²) in [7, 11) is 2.05. The third kappa shape index (κ3) is 4.00. The molecule has 3 nitrogen and oxygen atoms in total. The fraction of sp³-hybridized carbons (Fsp3) is 0.600. The van der Waals surface area contributed by atoms with Crippen molar-refractivity contribution in [1.82, 2.24) is 10.2 Å². The van der Waals surface area contributed by atoms with Crippen LogP contribution in [0.5, 0.6) is 5.75 Å². The molecule has 100 valence electrons. The highest BCUT2D eigenvalue weighted by molar-refractivity contribution is 5.27. The van der Waals surface area contributed by atoms with Gasteiger partial charge in [0, 0.05) is 19.1 Å². The highest BCUT2D eigenvalue weighted by Gasteiger charge is 2.19. The number of hydrogen-bond donors (Lipinski definition) is 1. The molecule has 0 saturated carbocycles. The summed E-state index contributed by atoms with van der Waals surface area (Å²) in [6.07, 6.45) is 2.37. The van der Waals surface area contributed by atoms with Crippen molar-refractivity contribution in [3.05, 3.63) is 29.8 Å². The summed E-state index contributed by atoms with van der Waals surface area (Å²) in [4.78, 5) is 2.51. The van der Waals surface area contributed by atoms with E-state index in [0.717, 1.165) is 25.3 Å². The second kappa shape index (κ2) is 6.76. The van der Waals surface area contributed by atoms with Gasteiger partial charge in [-0.2, -0.15) is 0 Å². The Bertz CT molecular complexity index is 367. The first kappa shape index (κ1) is 13.4. The highest BCUT2D eigenvalue weighted by Crippen LogP contribution is 2.13. The van der Waals surface area contributed by atoms with E-state index in [1.165, 1.54) is 25.1 Å². The lowest BCUT2D eigenvalue weighted by molar-refractivity contribution is 0.260. The van der Waals surface area contributed by atoms with Gasteiger partial charge in [-0.1, -0.05) is 12.1 Å². The molecule has 18 heavy (non-hydrogen) atoms. The molecule has 0 radical (unpaired) electrons. The minimum Gasteiger partial charge on any atom is -0.494 e. The molecule has 1 atom stereocenters. The molecule has 2 rings (SSSR count). The topological polar surface area (TPSA) is 24.5 Å². The number of ether oxygens (including phenoxy) is 1. The van der Waals surface area contributed by atoms with Crippen LogP contribution >= 0.6 is 0 Å². The van der Waals surface area contributed by atoms with Gasteiger partial charge in [0.05, 0.1) is 6.61 Å². The van der Waals surface area contributed by atoms with E-state index in [0.29, 0.717) is 6.04 Å². The molecule has 1 aliphatic rings. The lowest BCUT2D eigenvalue weighted by Gasteiger charge is -2.15. The average Bonchev–Trinajstić information content (AvgIpc) is 2.83. The Morgan fingerprint density at radius 1 is 1.44 bits per heavy atom. The first-order chi connectivity index (χ1) is 8.78. The lowest BCUT2D eigenvalue weighted by atomic mass is 10.2. The number of hydrogen-bond acceptors (Lipinski definition) is 3. The summed E-state index contributed by atoms with van der Waals surface area (Å²) in [5.74, 6) is 0.990. The normalized spacial score (nSPS) is 20.2. The van der Waals surface area contributed by atoms with E-state index in [1.54, 1.807) is 0 Å². The Kier molecular flexibility index (Phi) is 5.02. The third-order valence-corrected chi connectivity index (χ3v) is 3.56. The zero-order valence-corrected chi connectivity index (χ0v) is 11.5. The predicted molar refractivity (Wildman–Crippen MR) is 75.2 cm³/mol. The molecular formula is C15H24N2O. The number of rotatable bonds is 6. The van der Waals surface area contributed by atoms with Crippen LogP contribution in [0.2, 0.25) is 0 Å². The zero-order valence-electron chi connectivity index (χ0n) is 11.5. The molecule has 0 spiro atoms. The minimum absolute atomic E-state index is 0.683. The Morgan fingerprint density at radius 2 is 2.33 bits per heavy atom. The van der Waals surface area contributed by atoms with Gasteiger partial charge in [-0.25, -0.2) is 0 Å². The molecule has 1 fully saturated rings. The van der Waals surface area contributed by atoms with E-state index >= 15 is 0 Å². The Labute approximate surface area is 110 Å². The van der Waals surface area contributed by atoms with Crippen molar-refractivity contribution in [2.45, 2.75) is 25.8 Å². The smallest absolute Gasteiger partial charge is 0.119 e. The number of aryl methyl sites for hydroxylation is 1. The second-order valence-corrected chi connectivity index (χ2v) is 5.09. The van der Waals surface area contributed by atoms with Crippen LogP contribution in [0.3, 0.4) is 0 Å². The molecule has 1 aromatic carbocycles. The van der Waals surface area contributed by atoms with Crippen LogP contribution in [0.15, 0.2) is 24.3 Å². The van der Waals surface area contributed by atoms with Gasteiger partial charge in [-0.05, 0) is 51.1 Å². The van der Waals surface area contributed by atoms with E-state index in [2.05, 4.69) is 36.3 Å². The van der Waals surface area contributed by atoms with Crippen LogP contribution in [0.1, 0.15) is 18.4 Å². The van der Waals surface area contributed by atoms with Crippen LogP contribution < -0.4 is 10.1 Å². The molecule has 3 heteroatoms. The van der Waals surface area contributed by atoms with Gasteiger partial charge in [0.15, 0.2) is 0 Å². The van der Waals surface area contributed by atoms with E-state index in [-0.39, 0.29) is 0 Å². The SMILES string of the molecule is CNC1CCN(CCCOc2cccc(C)c2)C1. The van der Waals surface area contributed by atoms with Crippen molar-refractivity contribution in [3.8, 4) is 5.75 Å². The molecule has 0 amide bonds. The highest BCUT2D eigenvalue weighted by atomic mass is 16.5. The van der Waals surface area contributed by atoms with E-state index in [9.17, 15) is 0 Å². The van der Waals surface area contributed by atoms with Crippen molar-refractivity contribution in [3.63, 3.8) is 0 Å². The van der Waals surface area contributed by atoms with Crippen LogP contribution in [-0.4, -0.2) is 44.2 Å². The van der Waals surface area contributed by atoms with Crippen LogP contribution in [0.4, 0.5) is 0 Å². The average molecular weight is 248 g/mol. The molecule has 0 bridgehead atoms. The van der Waals surface area contributed by atoms with Gasteiger partial charge < -0.3 is 15.0 Å². The van der Waals surface area contributed by atoms with Gasteiger partial charge in [0.1, 0.15) is 5.75 Å². The maximum Gasteiger partial charge on any atom is 0.119 e. The Morgan fingerprint density at radius 3 is 3.06 bits per heavy atom. The van der Waals surface area contributed by atoms with Crippen molar-refractivity contribution in [1.29, 1.82) is 0 Å². The number of likely N-dealkylation sites (tertiary alicyclic amines) is 1. The van der Waals surface area contributed by atoms with Crippen molar-refractivity contribution in [2.24, 2.45) is 0 Å². The summed E-state index contributed by atoms with van der Waals surface area (Å²) in [6.45, 7) is 6.44. The molecule has 1 aromatic rings. The maximum absolute atomic E-state index is 5.76. The molecule has 1 saturated heterocycles. The minimum atomic E-state index is 0.683. The molecule has 1 unspecified atom stereocenters. The van der Waals surface area contributed by atoms with Crippen molar-refractivity contribution >= 4 is 0 Å². The third-order valence-electron chi connectivity index (χ3n) is 3.56. The number of benzene rings is 1. The summed E-state index contributed by atoms with van der Waals surface area (Å²) >= 11 is 0. The first-order valence-corrected chi connectivity index (χ1v) is 6.87. The van der Waals surface area contributed by atoms with Gasteiger partial charge in [0.2, 0.25) is 0 Å². The quantitative estimate of drug-likeness (QED) is 0.780. The molecule has 0 aromatic heterocycles. The molecule has 1 heterocycles. The van der Waals surface area contributed by atoms with Gasteiger partial charge >= 0.3 is 0 Å². The fourth-order valence-corrected chi connectivity index (χ4v) is 2.45. The number of likely N-dealkylation sites (N-methyl/N-ethyl adjacent to an activating group) is 1. The Hall–Kier alpha value is -1.06. The first-order valence-electron chi connectivity index (χ1n) is 6.87. The standard InChI is InChI=1S/C15H24N2O/c1-13-5-3-6-15(11-13)18-10-4-8-17-9-7-14(12-17)16-2/h3,5-6,11,14,16H,4,7-10,12H2,1-2H3. The molecule has 1 N–H and O–H groups in total. The fourth-order valence-electron chi connectivity index (χ4n) is 2.45. The number of nitrogens with zero attached hydrogens (tertiary/aromatic N) is 1. The van der Waals surface area contributed by atoms with Gasteiger partial charge in [-0.15, -0.1) is 0 Å². The summed E-state index contributed by atoms with van der Waals surface area (Å²) in [5, 5.41) is 3.34. The zero-order chi connectivity index (χ0) is 12.8. The predicted octanol–water partition coefficient (Wildman–Crippen LogP) is 2.06. The lowest BCUT2D eigenvalue weighted by Crippen LogP contribution is -2.30.